The zero-order chi connectivity index (χ0) is 20.3. The molecule has 0 fully saturated rings. The molecule has 0 saturated carbocycles. The maximum Gasteiger partial charge on any atom is 0.175 e. The number of hydrogen-bond donors (Lipinski definition) is 3. The van der Waals surface area contributed by atoms with Crippen molar-refractivity contribution in [3.63, 3.8) is 0 Å². The standard InChI is InChI=1S/C20H19N5O2S/c1-11-8-16(28(3,26)27)17(13-6-7-23-18(11)13)20(2,22)19-24-14-5-4-12(10-21)9-15(14)25-19/h4-9,23H,22H2,1-3H3,(H,24,25). The second-order valence-electron chi connectivity index (χ2n) is 7.24. The fourth-order valence-electron chi connectivity index (χ4n) is 3.65. The number of sulfone groups is 1. The number of rotatable bonds is 3. The van der Waals surface area contributed by atoms with Gasteiger partial charge < -0.3 is 15.7 Å². The molecule has 0 amide bonds. The fraction of sp³-hybridized carbons (Fsp3) is 0.200. The van der Waals surface area contributed by atoms with Gasteiger partial charge in [-0.3, -0.25) is 0 Å². The number of nitriles is 1. The average Bonchev–Trinajstić information content (AvgIpc) is 3.27. The number of imidazole rings is 1. The Hall–Kier alpha value is -3.15. The maximum absolute atomic E-state index is 12.6. The molecule has 0 aliphatic heterocycles. The third-order valence-corrected chi connectivity index (χ3v) is 6.15. The summed E-state index contributed by atoms with van der Waals surface area (Å²) in [4.78, 5) is 11.1. The van der Waals surface area contributed by atoms with Crippen molar-refractivity contribution in [1.29, 1.82) is 5.26 Å². The third-order valence-electron chi connectivity index (χ3n) is 5.03. The van der Waals surface area contributed by atoms with Crippen LogP contribution in [0.1, 0.15) is 29.4 Å². The second kappa shape index (κ2) is 5.92. The molecule has 2 heterocycles. The first-order chi connectivity index (χ1) is 13.1. The van der Waals surface area contributed by atoms with Crippen LogP contribution in [0.2, 0.25) is 0 Å². The lowest BCUT2D eigenvalue weighted by molar-refractivity contribution is 0.552. The van der Waals surface area contributed by atoms with Crippen LogP contribution in [-0.2, 0) is 15.4 Å². The zero-order valence-corrected chi connectivity index (χ0v) is 16.5. The largest absolute Gasteiger partial charge is 0.361 e. The Morgan fingerprint density at radius 2 is 2.00 bits per heavy atom. The molecule has 2 aromatic heterocycles. The van der Waals surface area contributed by atoms with Crippen molar-refractivity contribution >= 4 is 31.8 Å². The molecule has 2 aromatic carbocycles. The highest BCUT2D eigenvalue weighted by molar-refractivity contribution is 7.90. The van der Waals surface area contributed by atoms with E-state index in [1.54, 1.807) is 37.4 Å². The van der Waals surface area contributed by atoms with Crippen LogP contribution in [0, 0.1) is 18.3 Å². The SMILES string of the molecule is Cc1cc(S(C)(=O)=O)c(C(C)(N)c2nc3cc(C#N)ccc3[nH]2)c2cc[nH]c12. The number of nitrogens with two attached hydrogens (primary N) is 1. The first-order valence-corrected chi connectivity index (χ1v) is 10.5. The Balaban J connectivity index is 2.05. The van der Waals surface area contributed by atoms with Crippen LogP contribution in [0.15, 0.2) is 41.4 Å². The van der Waals surface area contributed by atoms with Crippen molar-refractivity contribution in [2.75, 3.05) is 6.26 Å². The molecule has 4 aromatic rings. The van der Waals surface area contributed by atoms with Crippen molar-refractivity contribution in [1.82, 2.24) is 15.0 Å². The van der Waals surface area contributed by atoms with Gasteiger partial charge in [0.2, 0.25) is 0 Å². The number of fused-ring (bicyclic) bond motifs is 2. The third kappa shape index (κ3) is 2.68. The molecule has 0 spiro atoms. The summed E-state index contributed by atoms with van der Waals surface area (Å²) >= 11 is 0. The molecule has 28 heavy (non-hydrogen) atoms. The lowest BCUT2D eigenvalue weighted by Gasteiger charge is -2.26. The number of H-pyrrole nitrogens is 2. The van der Waals surface area contributed by atoms with Crippen LogP contribution in [-0.4, -0.2) is 29.6 Å². The van der Waals surface area contributed by atoms with Crippen molar-refractivity contribution in [2.45, 2.75) is 24.3 Å². The lowest BCUT2D eigenvalue weighted by atomic mass is 9.88. The summed E-state index contributed by atoms with van der Waals surface area (Å²) in [5, 5.41) is 9.84. The van der Waals surface area contributed by atoms with E-state index in [2.05, 4.69) is 21.0 Å². The Kier molecular flexibility index (Phi) is 3.86. The van der Waals surface area contributed by atoms with Crippen LogP contribution in [0.25, 0.3) is 21.9 Å². The molecule has 142 valence electrons. The van der Waals surface area contributed by atoms with Crippen LogP contribution in [0.3, 0.4) is 0 Å². The highest BCUT2D eigenvalue weighted by Crippen LogP contribution is 2.38. The topological polar surface area (TPSA) is 128 Å². The van der Waals surface area contributed by atoms with Gasteiger partial charge in [0.05, 0.1) is 33.1 Å². The predicted molar refractivity (Wildman–Crippen MR) is 108 cm³/mol. The van der Waals surface area contributed by atoms with E-state index in [9.17, 15) is 8.42 Å². The lowest BCUT2D eigenvalue weighted by Crippen LogP contribution is -2.37. The smallest absolute Gasteiger partial charge is 0.175 e. The number of aromatic nitrogens is 3. The zero-order valence-electron chi connectivity index (χ0n) is 15.7. The monoisotopic (exact) mass is 393 g/mol. The van der Waals surface area contributed by atoms with Gasteiger partial charge in [0.15, 0.2) is 9.84 Å². The van der Waals surface area contributed by atoms with Crippen LogP contribution >= 0.6 is 0 Å². The van der Waals surface area contributed by atoms with Gasteiger partial charge in [-0.15, -0.1) is 0 Å². The Labute approximate surface area is 162 Å². The van der Waals surface area contributed by atoms with Crippen LogP contribution in [0.5, 0.6) is 0 Å². The molecule has 1 unspecified atom stereocenters. The van der Waals surface area contributed by atoms with Gasteiger partial charge in [-0.25, -0.2) is 13.4 Å². The molecular formula is C20H19N5O2S. The molecule has 4 N–H and O–H groups in total. The molecule has 0 saturated heterocycles. The van der Waals surface area contributed by atoms with E-state index in [-0.39, 0.29) is 4.90 Å². The Morgan fingerprint density at radius 1 is 1.25 bits per heavy atom. The highest BCUT2D eigenvalue weighted by atomic mass is 32.2. The minimum atomic E-state index is -3.54. The summed E-state index contributed by atoms with van der Waals surface area (Å²) in [6, 6.07) is 10.7. The number of benzene rings is 2. The summed E-state index contributed by atoms with van der Waals surface area (Å²) < 4.78 is 25.1. The van der Waals surface area contributed by atoms with E-state index in [4.69, 9.17) is 11.0 Å². The van der Waals surface area contributed by atoms with Gasteiger partial charge in [0, 0.05) is 28.9 Å². The summed E-state index contributed by atoms with van der Waals surface area (Å²) in [6.45, 7) is 3.59. The van der Waals surface area contributed by atoms with Gasteiger partial charge in [0.1, 0.15) is 5.82 Å². The number of nitrogens with one attached hydrogen (secondary N) is 2. The van der Waals surface area contributed by atoms with E-state index in [0.29, 0.717) is 22.5 Å². The van der Waals surface area contributed by atoms with E-state index in [1.807, 2.05) is 13.0 Å². The van der Waals surface area contributed by atoms with E-state index in [0.717, 1.165) is 22.0 Å². The van der Waals surface area contributed by atoms with Crippen LogP contribution in [0.4, 0.5) is 0 Å². The second-order valence-corrected chi connectivity index (χ2v) is 9.22. The molecular weight excluding hydrogens is 374 g/mol. The maximum atomic E-state index is 12.6. The van der Waals surface area contributed by atoms with E-state index in [1.165, 1.54) is 6.26 Å². The molecule has 4 rings (SSSR count). The van der Waals surface area contributed by atoms with Crippen LogP contribution < -0.4 is 5.73 Å². The number of aryl methyl sites for hydroxylation is 1. The number of nitrogens with zero attached hydrogens (tertiary/aromatic N) is 2. The van der Waals surface area contributed by atoms with Crippen molar-refractivity contribution in [3.05, 3.63) is 59.0 Å². The minimum Gasteiger partial charge on any atom is -0.361 e. The molecule has 1 atom stereocenters. The van der Waals surface area contributed by atoms with Gasteiger partial charge >= 0.3 is 0 Å². The summed E-state index contributed by atoms with van der Waals surface area (Å²) in [6.07, 6.45) is 2.94. The molecule has 0 radical (unpaired) electrons. The summed E-state index contributed by atoms with van der Waals surface area (Å²) in [5.74, 6) is 0.425. The normalized spacial score (nSPS) is 14.2. The van der Waals surface area contributed by atoms with Gasteiger partial charge in [-0.2, -0.15) is 5.26 Å². The summed E-state index contributed by atoms with van der Waals surface area (Å²) in [7, 11) is -3.54. The predicted octanol–water partition coefficient (Wildman–Crippen LogP) is 2.85. The fourth-order valence-corrected chi connectivity index (χ4v) is 4.73. The quantitative estimate of drug-likeness (QED) is 0.493. The molecule has 7 nitrogen and oxygen atoms in total. The summed E-state index contributed by atoms with van der Waals surface area (Å²) in [5.41, 5.74) is 9.48. The molecule has 0 aliphatic rings. The highest BCUT2D eigenvalue weighted by Gasteiger charge is 2.35. The first-order valence-electron chi connectivity index (χ1n) is 8.63. The van der Waals surface area contributed by atoms with Gasteiger partial charge in [-0.1, -0.05) is 0 Å². The Bertz CT molecular complexity index is 1390. The van der Waals surface area contributed by atoms with Crippen molar-refractivity contribution in [2.24, 2.45) is 5.73 Å². The van der Waals surface area contributed by atoms with Gasteiger partial charge in [0.25, 0.3) is 0 Å². The molecule has 0 bridgehead atoms. The Morgan fingerprint density at radius 3 is 2.68 bits per heavy atom. The number of aromatic amines is 2. The van der Waals surface area contributed by atoms with Crippen molar-refractivity contribution in [3.8, 4) is 6.07 Å². The minimum absolute atomic E-state index is 0.181. The van der Waals surface area contributed by atoms with Gasteiger partial charge in [-0.05, 0) is 49.7 Å². The number of hydrogen-bond acceptors (Lipinski definition) is 5. The average molecular weight is 393 g/mol. The van der Waals surface area contributed by atoms with E-state index < -0.39 is 15.4 Å². The molecule has 8 heteroatoms. The molecule has 0 aliphatic carbocycles. The van der Waals surface area contributed by atoms with E-state index >= 15 is 0 Å². The van der Waals surface area contributed by atoms with Crippen molar-refractivity contribution < 1.29 is 8.42 Å². The first kappa shape index (κ1) is 18.2.